The zero-order chi connectivity index (χ0) is 12.2. The number of aromatic nitrogens is 1. The minimum atomic E-state index is -0.00749. The fourth-order valence-corrected chi connectivity index (χ4v) is 2.38. The summed E-state index contributed by atoms with van der Waals surface area (Å²) in [5.41, 5.74) is 5.62. The first kappa shape index (κ1) is 13.5. The van der Waals surface area contributed by atoms with E-state index in [1.807, 2.05) is 6.20 Å². The molecule has 1 atom stereocenters. The first-order chi connectivity index (χ1) is 7.44. The highest BCUT2D eigenvalue weighted by Gasteiger charge is 2.17. The van der Waals surface area contributed by atoms with Gasteiger partial charge in [-0.3, -0.25) is 0 Å². The maximum Gasteiger partial charge on any atom is 0.180 e. The molecule has 0 saturated heterocycles. The number of nitrogens with zero attached hydrogens (tertiary/aromatic N) is 1. The first-order valence-corrected chi connectivity index (χ1v) is 6.52. The van der Waals surface area contributed by atoms with Crippen LogP contribution in [0.1, 0.15) is 50.8 Å². The molecule has 1 aromatic rings. The van der Waals surface area contributed by atoms with Gasteiger partial charge in [0, 0.05) is 18.2 Å². The van der Waals surface area contributed by atoms with Crippen LogP contribution < -0.4 is 5.73 Å². The predicted octanol–water partition coefficient (Wildman–Crippen LogP) is 3.42. The van der Waals surface area contributed by atoms with Gasteiger partial charge in [-0.1, -0.05) is 6.92 Å². The van der Waals surface area contributed by atoms with Crippen LogP contribution in [-0.4, -0.2) is 17.7 Å². The maximum absolute atomic E-state index is 5.62. The normalized spacial score (nSPS) is 14.0. The van der Waals surface area contributed by atoms with Crippen LogP contribution in [0.15, 0.2) is 6.20 Å². The molecule has 1 unspecified atom stereocenters. The molecule has 0 bridgehead atoms. The molecule has 0 aliphatic heterocycles. The highest BCUT2D eigenvalue weighted by atomic mass is 32.1. The van der Waals surface area contributed by atoms with E-state index >= 15 is 0 Å². The third-order valence-corrected chi connectivity index (χ3v) is 4.05. The summed E-state index contributed by atoms with van der Waals surface area (Å²) in [6.07, 6.45) is 5.31. The van der Waals surface area contributed by atoms with Crippen molar-refractivity contribution in [1.29, 1.82) is 0 Å². The van der Waals surface area contributed by atoms with Gasteiger partial charge in [0.05, 0.1) is 5.60 Å². The second kappa shape index (κ2) is 5.64. The van der Waals surface area contributed by atoms with E-state index < -0.39 is 0 Å². The number of thiazole rings is 1. The van der Waals surface area contributed by atoms with Crippen LogP contribution in [-0.2, 0) is 4.74 Å². The summed E-state index contributed by atoms with van der Waals surface area (Å²) >= 11 is 1.59. The van der Waals surface area contributed by atoms with E-state index in [1.54, 1.807) is 18.4 Å². The van der Waals surface area contributed by atoms with Crippen molar-refractivity contribution in [3.8, 4) is 0 Å². The Hall–Kier alpha value is -0.610. The fourth-order valence-electron chi connectivity index (χ4n) is 1.61. The van der Waals surface area contributed by atoms with Gasteiger partial charge in [0.15, 0.2) is 5.13 Å². The topological polar surface area (TPSA) is 48.1 Å². The van der Waals surface area contributed by atoms with Crippen LogP contribution >= 0.6 is 11.3 Å². The van der Waals surface area contributed by atoms with Crippen LogP contribution in [0.4, 0.5) is 5.13 Å². The fraction of sp³-hybridized carbons (Fsp3) is 0.750. The van der Waals surface area contributed by atoms with E-state index in [2.05, 4.69) is 25.8 Å². The summed E-state index contributed by atoms with van der Waals surface area (Å²) in [7, 11) is 1.77. The molecule has 4 heteroatoms. The highest BCUT2D eigenvalue weighted by Crippen LogP contribution is 2.29. The predicted molar refractivity (Wildman–Crippen MR) is 69.9 cm³/mol. The van der Waals surface area contributed by atoms with E-state index in [4.69, 9.17) is 10.5 Å². The van der Waals surface area contributed by atoms with Crippen molar-refractivity contribution in [3.63, 3.8) is 0 Å². The molecule has 0 aliphatic rings. The molecule has 0 aliphatic carbocycles. The smallest absolute Gasteiger partial charge is 0.180 e. The number of nitrogens with two attached hydrogens (primary N) is 1. The molecule has 0 aromatic carbocycles. The number of hydrogen-bond acceptors (Lipinski definition) is 4. The van der Waals surface area contributed by atoms with Gasteiger partial charge in [-0.05, 0) is 39.0 Å². The van der Waals surface area contributed by atoms with Crippen LogP contribution in [0.25, 0.3) is 0 Å². The number of nitrogen functional groups attached to an aromatic ring is 1. The Morgan fingerprint density at radius 3 is 2.75 bits per heavy atom. The van der Waals surface area contributed by atoms with Gasteiger partial charge in [-0.25, -0.2) is 4.98 Å². The Balaban J connectivity index is 2.33. The van der Waals surface area contributed by atoms with Gasteiger partial charge < -0.3 is 10.5 Å². The molecule has 1 aromatic heterocycles. The molecule has 16 heavy (non-hydrogen) atoms. The number of ether oxygens (including phenoxy) is 1. The molecule has 0 radical (unpaired) electrons. The lowest BCUT2D eigenvalue weighted by atomic mass is 9.96. The summed E-state index contributed by atoms with van der Waals surface area (Å²) in [4.78, 5) is 5.37. The van der Waals surface area contributed by atoms with Crippen molar-refractivity contribution in [1.82, 2.24) is 4.98 Å². The zero-order valence-electron chi connectivity index (χ0n) is 10.6. The number of methoxy groups -OCH3 is 1. The average Bonchev–Trinajstić information content (AvgIpc) is 2.64. The number of anilines is 1. The molecular weight excluding hydrogens is 220 g/mol. The maximum atomic E-state index is 5.62. The minimum Gasteiger partial charge on any atom is -0.379 e. The second-order valence-electron chi connectivity index (χ2n) is 4.86. The monoisotopic (exact) mass is 242 g/mol. The molecular formula is C12H22N2OS. The van der Waals surface area contributed by atoms with Gasteiger partial charge in [-0.15, -0.1) is 11.3 Å². The zero-order valence-corrected chi connectivity index (χ0v) is 11.4. The largest absolute Gasteiger partial charge is 0.379 e. The van der Waals surface area contributed by atoms with E-state index in [-0.39, 0.29) is 5.60 Å². The lowest BCUT2D eigenvalue weighted by molar-refractivity contribution is 0.0132. The number of rotatable bonds is 6. The Bertz CT molecular complexity index is 323. The summed E-state index contributed by atoms with van der Waals surface area (Å²) in [5, 5.41) is 0.666. The van der Waals surface area contributed by atoms with Gasteiger partial charge >= 0.3 is 0 Å². The Morgan fingerprint density at radius 2 is 2.25 bits per heavy atom. The molecule has 1 heterocycles. The molecule has 0 fully saturated rings. The van der Waals surface area contributed by atoms with Gasteiger partial charge in [0.2, 0.25) is 0 Å². The third-order valence-electron chi connectivity index (χ3n) is 3.00. The quantitative estimate of drug-likeness (QED) is 0.831. The summed E-state index contributed by atoms with van der Waals surface area (Å²) in [6, 6.07) is 0. The van der Waals surface area contributed by atoms with Gasteiger partial charge in [-0.2, -0.15) is 0 Å². The van der Waals surface area contributed by atoms with Crippen LogP contribution in [0.3, 0.4) is 0 Å². The molecule has 92 valence electrons. The lowest BCUT2D eigenvalue weighted by Crippen LogP contribution is -2.22. The molecule has 1 rings (SSSR count). The van der Waals surface area contributed by atoms with Gasteiger partial charge in [0.1, 0.15) is 0 Å². The molecule has 0 saturated carbocycles. The molecule has 0 amide bonds. The van der Waals surface area contributed by atoms with Crippen LogP contribution in [0.2, 0.25) is 0 Å². The van der Waals surface area contributed by atoms with Crippen LogP contribution in [0, 0.1) is 0 Å². The van der Waals surface area contributed by atoms with E-state index in [0.717, 1.165) is 12.8 Å². The van der Waals surface area contributed by atoms with E-state index in [1.165, 1.54) is 11.3 Å². The highest BCUT2D eigenvalue weighted by molar-refractivity contribution is 7.15. The SMILES string of the molecule is COC(C)(C)CCCC(C)c1cnc(N)s1. The van der Waals surface area contributed by atoms with Crippen molar-refractivity contribution in [2.24, 2.45) is 0 Å². The molecule has 3 nitrogen and oxygen atoms in total. The van der Waals surface area contributed by atoms with Crippen molar-refractivity contribution in [2.75, 3.05) is 12.8 Å². The third kappa shape index (κ3) is 4.10. The van der Waals surface area contributed by atoms with E-state index in [9.17, 15) is 0 Å². The lowest BCUT2D eigenvalue weighted by Gasteiger charge is -2.23. The Labute approximate surface area is 102 Å². The summed E-state index contributed by atoms with van der Waals surface area (Å²) < 4.78 is 5.40. The Kier molecular flexibility index (Phi) is 4.74. The second-order valence-corrected chi connectivity index (χ2v) is 5.95. The van der Waals surface area contributed by atoms with Crippen molar-refractivity contribution in [3.05, 3.63) is 11.1 Å². The van der Waals surface area contributed by atoms with Crippen molar-refractivity contribution in [2.45, 2.75) is 51.6 Å². The first-order valence-electron chi connectivity index (χ1n) is 5.71. The molecule has 2 N–H and O–H groups in total. The van der Waals surface area contributed by atoms with Crippen molar-refractivity contribution < 1.29 is 4.74 Å². The van der Waals surface area contributed by atoms with Crippen molar-refractivity contribution >= 4 is 16.5 Å². The number of hydrogen-bond donors (Lipinski definition) is 1. The standard InChI is InChI=1S/C12H22N2OS/c1-9(10-8-14-11(13)16-10)6-5-7-12(2,3)15-4/h8-9H,5-7H2,1-4H3,(H2,13,14). The average molecular weight is 242 g/mol. The minimum absolute atomic E-state index is 0.00749. The van der Waals surface area contributed by atoms with E-state index in [0.29, 0.717) is 11.0 Å². The summed E-state index contributed by atoms with van der Waals surface area (Å²) in [6.45, 7) is 6.48. The summed E-state index contributed by atoms with van der Waals surface area (Å²) in [5.74, 6) is 0.544. The van der Waals surface area contributed by atoms with Crippen LogP contribution in [0.5, 0.6) is 0 Å². The van der Waals surface area contributed by atoms with Gasteiger partial charge in [0.25, 0.3) is 0 Å². The molecule has 0 spiro atoms. The Morgan fingerprint density at radius 1 is 1.56 bits per heavy atom.